The van der Waals surface area contributed by atoms with E-state index in [1.54, 1.807) is 0 Å². The summed E-state index contributed by atoms with van der Waals surface area (Å²) in [6, 6.07) is 18.7. The van der Waals surface area contributed by atoms with Gasteiger partial charge in [-0.05, 0) is 5.56 Å². The Kier molecular flexibility index (Phi) is 5.11. The maximum atomic E-state index is 12.7. The molecule has 6 heteroatoms. The number of nitrogens with zero attached hydrogens (tertiary/aromatic N) is 2. The van der Waals surface area contributed by atoms with Crippen LogP contribution in [0.15, 0.2) is 60.7 Å². The van der Waals surface area contributed by atoms with Crippen molar-refractivity contribution in [1.82, 2.24) is 9.80 Å². The molecular weight excluding hydrogens is 344 g/mol. The van der Waals surface area contributed by atoms with Crippen LogP contribution in [0.4, 0.5) is 4.79 Å². The van der Waals surface area contributed by atoms with Gasteiger partial charge in [-0.1, -0.05) is 60.7 Å². The molecule has 0 bridgehead atoms. The Morgan fingerprint density at radius 1 is 0.963 bits per heavy atom. The minimum atomic E-state index is -1.55. The zero-order valence-corrected chi connectivity index (χ0v) is 15.2. The summed E-state index contributed by atoms with van der Waals surface area (Å²) < 4.78 is 11.0. The van der Waals surface area contributed by atoms with Crippen molar-refractivity contribution < 1.29 is 19.4 Å². The number of amides is 1. The second kappa shape index (κ2) is 7.68. The molecule has 0 saturated carbocycles. The van der Waals surface area contributed by atoms with Crippen molar-refractivity contribution >= 4 is 6.09 Å². The first-order valence-electron chi connectivity index (χ1n) is 9.31. The van der Waals surface area contributed by atoms with Crippen LogP contribution in [0, 0.1) is 0 Å². The van der Waals surface area contributed by atoms with E-state index in [0.717, 1.165) is 18.7 Å². The molecule has 2 aliphatic rings. The third kappa shape index (κ3) is 3.43. The van der Waals surface area contributed by atoms with Gasteiger partial charge in [0.1, 0.15) is 0 Å². The van der Waals surface area contributed by atoms with Crippen molar-refractivity contribution in [3.63, 3.8) is 0 Å². The number of aliphatic hydroxyl groups is 1. The van der Waals surface area contributed by atoms with Gasteiger partial charge in [0.05, 0.1) is 13.2 Å². The lowest BCUT2D eigenvalue weighted by atomic mass is 9.91. The second-order valence-electron chi connectivity index (χ2n) is 6.87. The largest absolute Gasteiger partial charge is 0.436 e. The molecule has 0 spiro atoms. The van der Waals surface area contributed by atoms with Crippen molar-refractivity contribution in [3.05, 3.63) is 71.8 Å². The molecular formula is C21H24N2O4. The summed E-state index contributed by atoms with van der Waals surface area (Å²) in [5.74, 6) is 0. The average Bonchev–Trinajstić information content (AvgIpc) is 2.99. The highest BCUT2D eigenvalue weighted by molar-refractivity contribution is 5.72. The van der Waals surface area contributed by atoms with E-state index in [1.807, 2.05) is 60.7 Å². The van der Waals surface area contributed by atoms with Crippen LogP contribution in [0.25, 0.3) is 0 Å². The van der Waals surface area contributed by atoms with Crippen molar-refractivity contribution in [1.29, 1.82) is 0 Å². The fraction of sp³-hybridized carbons (Fsp3) is 0.381. The maximum Gasteiger partial charge on any atom is 0.413 e. The maximum absolute atomic E-state index is 12.7. The van der Waals surface area contributed by atoms with Crippen LogP contribution in [-0.2, 0) is 15.2 Å². The molecule has 6 nitrogen and oxygen atoms in total. The van der Waals surface area contributed by atoms with E-state index in [0.29, 0.717) is 31.9 Å². The molecule has 2 aliphatic heterocycles. The standard InChI is InChI=1S/C21H24N2O4/c24-20-23(12-11-22-13-15-26-16-14-22)21(25,18-9-5-2-6-10-18)19(27-20)17-7-3-1-4-8-17/h1-10,19,25H,11-16H2. The molecule has 0 radical (unpaired) electrons. The van der Waals surface area contributed by atoms with Gasteiger partial charge in [-0.15, -0.1) is 0 Å². The van der Waals surface area contributed by atoms with Crippen molar-refractivity contribution in [3.8, 4) is 0 Å². The van der Waals surface area contributed by atoms with Crippen LogP contribution in [-0.4, -0.2) is 60.4 Å². The van der Waals surface area contributed by atoms with Gasteiger partial charge in [0.25, 0.3) is 0 Å². The number of hydrogen-bond donors (Lipinski definition) is 1. The van der Waals surface area contributed by atoms with E-state index in [1.165, 1.54) is 4.90 Å². The molecule has 0 aliphatic carbocycles. The first-order chi connectivity index (χ1) is 13.2. The third-order valence-corrected chi connectivity index (χ3v) is 5.26. The number of morpholine rings is 1. The summed E-state index contributed by atoms with van der Waals surface area (Å²) in [4.78, 5) is 16.4. The van der Waals surface area contributed by atoms with E-state index in [-0.39, 0.29) is 0 Å². The molecule has 4 rings (SSSR count). The topological polar surface area (TPSA) is 62.2 Å². The van der Waals surface area contributed by atoms with Gasteiger partial charge < -0.3 is 14.6 Å². The molecule has 1 amide bonds. The normalized spacial score (nSPS) is 26.2. The lowest BCUT2D eigenvalue weighted by Crippen LogP contribution is -2.49. The van der Waals surface area contributed by atoms with E-state index >= 15 is 0 Å². The molecule has 2 saturated heterocycles. The minimum Gasteiger partial charge on any atom is -0.436 e. The molecule has 2 heterocycles. The molecule has 2 fully saturated rings. The van der Waals surface area contributed by atoms with Gasteiger partial charge in [0.15, 0.2) is 6.10 Å². The Hall–Kier alpha value is -2.41. The number of ether oxygens (including phenoxy) is 2. The number of hydrogen-bond acceptors (Lipinski definition) is 5. The van der Waals surface area contributed by atoms with Gasteiger partial charge in [-0.25, -0.2) is 4.79 Å². The summed E-state index contributed by atoms with van der Waals surface area (Å²) in [5, 5.41) is 11.8. The summed E-state index contributed by atoms with van der Waals surface area (Å²) in [6.07, 6.45) is -1.28. The van der Waals surface area contributed by atoms with Crippen LogP contribution in [0.2, 0.25) is 0 Å². The molecule has 1 N–H and O–H groups in total. The Morgan fingerprint density at radius 2 is 1.59 bits per heavy atom. The van der Waals surface area contributed by atoms with E-state index in [4.69, 9.17) is 9.47 Å². The zero-order valence-electron chi connectivity index (χ0n) is 15.2. The van der Waals surface area contributed by atoms with Gasteiger partial charge in [-0.2, -0.15) is 0 Å². The van der Waals surface area contributed by atoms with Crippen LogP contribution in [0.3, 0.4) is 0 Å². The fourth-order valence-electron chi connectivity index (χ4n) is 3.77. The van der Waals surface area contributed by atoms with Gasteiger partial charge >= 0.3 is 6.09 Å². The summed E-state index contributed by atoms with van der Waals surface area (Å²) in [7, 11) is 0. The van der Waals surface area contributed by atoms with Crippen LogP contribution >= 0.6 is 0 Å². The molecule has 2 atom stereocenters. The summed E-state index contributed by atoms with van der Waals surface area (Å²) >= 11 is 0. The predicted molar refractivity (Wildman–Crippen MR) is 100.0 cm³/mol. The monoisotopic (exact) mass is 368 g/mol. The smallest absolute Gasteiger partial charge is 0.413 e. The number of rotatable bonds is 5. The molecule has 27 heavy (non-hydrogen) atoms. The van der Waals surface area contributed by atoms with Crippen LogP contribution in [0.1, 0.15) is 17.2 Å². The van der Waals surface area contributed by atoms with E-state index in [9.17, 15) is 9.90 Å². The molecule has 2 aromatic rings. The van der Waals surface area contributed by atoms with Crippen LogP contribution < -0.4 is 0 Å². The fourth-order valence-corrected chi connectivity index (χ4v) is 3.77. The quantitative estimate of drug-likeness (QED) is 0.878. The highest BCUT2D eigenvalue weighted by Crippen LogP contribution is 2.46. The molecule has 0 aromatic heterocycles. The number of carbonyl (C=O) groups excluding carboxylic acids is 1. The third-order valence-electron chi connectivity index (χ3n) is 5.26. The van der Waals surface area contributed by atoms with Gasteiger partial charge in [-0.3, -0.25) is 9.80 Å². The second-order valence-corrected chi connectivity index (χ2v) is 6.87. The first-order valence-corrected chi connectivity index (χ1v) is 9.31. The lowest BCUT2D eigenvalue weighted by molar-refractivity contribution is -0.112. The van der Waals surface area contributed by atoms with Crippen LogP contribution in [0.5, 0.6) is 0 Å². The average molecular weight is 368 g/mol. The summed E-state index contributed by atoms with van der Waals surface area (Å²) in [6.45, 7) is 4.09. The molecule has 2 unspecified atom stereocenters. The van der Waals surface area contributed by atoms with Crippen molar-refractivity contribution in [2.45, 2.75) is 11.8 Å². The Labute approximate surface area is 158 Å². The Morgan fingerprint density at radius 3 is 2.26 bits per heavy atom. The number of cyclic esters (lactones) is 1. The first kappa shape index (κ1) is 18.0. The molecule has 2 aromatic carbocycles. The number of carbonyl (C=O) groups is 1. The number of benzene rings is 2. The Balaban J connectivity index is 1.65. The van der Waals surface area contributed by atoms with Gasteiger partial charge in [0.2, 0.25) is 5.72 Å². The van der Waals surface area contributed by atoms with Crippen molar-refractivity contribution in [2.24, 2.45) is 0 Å². The molecule has 142 valence electrons. The highest BCUT2D eigenvalue weighted by Gasteiger charge is 2.55. The van der Waals surface area contributed by atoms with E-state index in [2.05, 4.69) is 4.90 Å². The Bertz CT molecular complexity index is 764. The lowest BCUT2D eigenvalue weighted by Gasteiger charge is -2.36. The van der Waals surface area contributed by atoms with Crippen molar-refractivity contribution in [2.75, 3.05) is 39.4 Å². The highest BCUT2D eigenvalue weighted by atomic mass is 16.6. The van der Waals surface area contributed by atoms with Gasteiger partial charge in [0, 0.05) is 31.7 Å². The van der Waals surface area contributed by atoms with E-state index < -0.39 is 17.9 Å². The minimum absolute atomic E-state index is 0.383. The zero-order chi connectivity index (χ0) is 18.7. The summed E-state index contributed by atoms with van der Waals surface area (Å²) in [5.41, 5.74) is -0.135. The predicted octanol–water partition coefficient (Wildman–Crippen LogP) is 2.36. The SMILES string of the molecule is O=C1OC(c2ccccc2)C(O)(c2ccccc2)N1CCN1CCOCC1.